The maximum atomic E-state index is 5.14. The third-order valence-electron chi connectivity index (χ3n) is 0.586. The SMILES string of the molecule is CPC.Nc1ncccn1. The summed E-state index contributed by atoms with van der Waals surface area (Å²) >= 11 is 0. The number of anilines is 1. The maximum Gasteiger partial charge on any atom is 0.219 e. The maximum absolute atomic E-state index is 5.14. The van der Waals surface area contributed by atoms with Crippen LogP contribution in [-0.4, -0.2) is 23.3 Å². The molecule has 0 spiro atoms. The smallest absolute Gasteiger partial charge is 0.219 e. The van der Waals surface area contributed by atoms with Crippen molar-refractivity contribution >= 4 is 14.5 Å². The Morgan fingerprint density at radius 3 is 1.90 bits per heavy atom. The molecule has 0 atom stereocenters. The van der Waals surface area contributed by atoms with Crippen LogP contribution in [0.3, 0.4) is 0 Å². The lowest BCUT2D eigenvalue weighted by atomic mass is 10.7. The summed E-state index contributed by atoms with van der Waals surface area (Å²) in [5.41, 5.74) is 5.14. The van der Waals surface area contributed by atoms with Gasteiger partial charge in [0.1, 0.15) is 0 Å². The number of rotatable bonds is 0. The summed E-state index contributed by atoms with van der Waals surface area (Å²) in [6.45, 7) is 4.31. The van der Waals surface area contributed by atoms with Crippen molar-refractivity contribution in [3.63, 3.8) is 0 Å². The lowest BCUT2D eigenvalue weighted by molar-refractivity contribution is 1.19. The predicted octanol–water partition coefficient (Wildman–Crippen LogP) is 0.983. The van der Waals surface area contributed by atoms with Gasteiger partial charge in [-0.2, -0.15) is 0 Å². The van der Waals surface area contributed by atoms with Gasteiger partial charge in [-0.3, -0.25) is 0 Å². The molecule has 1 aromatic rings. The molecule has 0 unspecified atom stereocenters. The van der Waals surface area contributed by atoms with Crippen molar-refractivity contribution in [1.29, 1.82) is 0 Å². The molecule has 0 aliphatic rings. The number of aromatic nitrogens is 2. The van der Waals surface area contributed by atoms with Crippen LogP contribution < -0.4 is 5.73 Å². The highest BCUT2D eigenvalue weighted by Gasteiger charge is 1.75. The van der Waals surface area contributed by atoms with Gasteiger partial charge in [0, 0.05) is 12.4 Å². The first-order valence-corrected chi connectivity index (χ1v) is 4.92. The molecule has 0 saturated carbocycles. The van der Waals surface area contributed by atoms with E-state index >= 15 is 0 Å². The van der Waals surface area contributed by atoms with Gasteiger partial charge in [-0.05, 0) is 19.4 Å². The summed E-state index contributed by atoms with van der Waals surface area (Å²) < 4.78 is 0. The Bertz CT molecular complexity index is 154. The molecule has 0 aromatic carbocycles. The number of nitrogens with zero attached hydrogens (tertiary/aromatic N) is 2. The van der Waals surface area contributed by atoms with Gasteiger partial charge >= 0.3 is 0 Å². The average molecular weight is 157 g/mol. The fourth-order valence-electron chi connectivity index (χ4n) is 0.311. The summed E-state index contributed by atoms with van der Waals surface area (Å²) in [6.07, 6.45) is 3.20. The quantitative estimate of drug-likeness (QED) is 0.571. The molecule has 0 amide bonds. The van der Waals surface area contributed by atoms with Gasteiger partial charge in [0.25, 0.3) is 0 Å². The zero-order chi connectivity index (χ0) is 7.82. The molecule has 0 fully saturated rings. The molecule has 1 heterocycles. The van der Waals surface area contributed by atoms with Crippen molar-refractivity contribution in [2.24, 2.45) is 0 Å². The first-order valence-electron chi connectivity index (χ1n) is 2.92. The van der Waals surface area contributed by atoms with Gasteiger partial charge in [0.15, 0.2) is 0 Å². The number of nitrogens with two attached hydrogens (primary N) is 1. The van der Waals surface area contributed by atoms with Gasteiger partial charge in [0.05, 0.1) is 0 Å². The minimum Gasteiger partial charge on any atom is -0.368 e. The van der Waals surface area contributed by atoms with Crippen molar-refractivity contribution < 1.29 is 0 Å². The van der Waals surface area contributed by atoms with Crippen molar-refractivity contribution in [2.75, 3.05) is 19.1 Å². The van der Waals surface area contributed by atoms with E-state index < -0.39 is 0 Å². The van der Waals surface area contributed by atoms with E-state index in [4.69, 9.17) is 5.73 Å². The lowest BCUT2D eigenvalue weighted by Crippen LogP contribution is -1.90. The minimum atomic E-state index is 0.322. The Hall–Kier alpha value is -0.690. The topological polar surface area (TPSA) is 51.8 Å². The van der Waals surface area contributed by atoms with Crippen LogP contribution in [0.2, 0.25) is 0 Å². The fraction of sp³-hybridized carbons (Fsp3) is 0.333. The van der Waals surface area contributed by atoms with E-state index in [1.165, 1.54) is 0 Å². The van der Waals surface area contributed by atoms with E-state index in [1.807, 2.05) is 0 Å². The Morgan fingerprint density at radius 1 is 1.30 bits per heavy atom. The normalized spacial score (nSPS) is 7.80. The zero-order valence-electron chi connectivity index (χ0n) is 6.20. The second kappa shape index (κ2) is 6.43. The molecule has 1 rings (SSSR count). The van der Waals surface area contributed by atoms with Gasteiger partial charge in [0.2, 0.25) is 5.95 Å². The molecular formula is C6H12N3P. The Balaban J connectivity index is 0.000000236. The van der Waals surface area contributed by atoms with E-state index in [0.29, 0.717) is 5.95 Å². The third kappa shape index (κ3) is 5.45. The molecule has 56 valence electrons. The van der Waals surface area contributed by atoms with Crippen LogP contribution in [0, 0.1) is 0 Å². The molecule has 0 saturated heterocycles. The van der Waals surface area contributed by atoms with Gasteiger partial charge in [-0.25, -0.2) is 9.97 Å². The average Bonchev–Trinajstić information content (AvgIpc) is 1.91. The molecule has 2 N–H and O–H groups in total. The van der Waals surface area contributed by atoms with Gasteiger partial charge < -0.3 is 5.73 Å². The second-order valence-corrected chi connectivity index (χ2v) is 2.61. The van der Waals surface area contributed by atoms with Gasteiger partial charge in [-0.1, -0.05) is 0 Å². The van der Waals surface area contributed by atoms with E-state index in [2.05, 4.69) is 23.3 Å². The minimum absolute atomic E-state index is 0.322. The van der Waals surface area contributed by atoms with E-state index in [1.54, 1.807) is 18.5 Å². The third-order valence-corrected chi connectivity index (χ3v) is 0.586. The van der Waals surface area contributed by atoms with Crippen LogP contribution in [0.15, 0.2) is 18.5 Å². The van der Waals surface area contributed by atoms with Crippen LogP contribution >= 0.6 is 8.58 Å². The van der Waals surface area contributed by atoms with Gasteiger partial charge in [-0.15, -0.1) is 8.58 Å². The molecule has 0 aliphatic heterocycles. The summed E-state index contributed by atoms with van der Waals surface area (Å²) in [6, 6.07) is 1.72. The Labute approximate surface area is 62.9 Å². The Kier molecular flexibility index (Phi) is 5.99. The zero-order valence-corrected chi connectivity index (χ0v) is 7.20. The largest absolute Gasteiger partial charge is 0.368 e. The first-order chi connectivity index (χ1) is 4.81. The van der Waals surface area contributed by atoms with E-state index in [9.17, 15) is 0 Å². The molecule has 0 bridgehead atoms. The molecule has 4 heteroatoms. The predicted molar refractivity (Wildman–Crippen MR) is 46.6 cm³/mol. The van der Waals surface area contributed by atoms with Crippen molar-refractivity contribution in [2.45, 2.75) is 0 Å². The molecule has 3 nitrogen and oxygen atoms in total. The number of hydrogen-bond acceptors (Lipinski definition) is 3. The fourth-order valence-corrected chi connectivity index (χ4v) is 0.311. The molecule has 10 heavy (non-hydrogen) atoms. The van der Waals surface area contributed by atoms with Crippen LogP contribution in [0.25, 0.3) is 0 Å². The monoisotopic (exact) mass is 157 g/mol. The highest BCUT2D eigenvalue weighted by molar-refractivity contribution is 7.35. The van der Waals surface area contributed by atoms with Crippen molar-refractivity contribution in [1.82, 2.24) is 9.97 Å². The highest BCUT2D eigenvalue weighted by Crippen LogP contribution is 1.84. The summed E-state index contributed by atoms with van der Waals surface area (Å²) in [4.78, 5) is 7.29. The summed E-state index contributed by atoms with van der Waals surface area (Å²) in [5.74, 6) is 0.322. The van der Waals surface area contributed by atoms with E-state index in [0.717, 1.165) is 8.58 Å². The van der Waals surface area contributed by atoms with Crippen LogP contribution in [0.5, 0.6) is 0 Å². The summed E-state index contributed by atoms with van der Waals surface area (Å²) in [5, 5.41) is 0. The van der Waals surface area contributed by atoms with Crippen LogP contribution in [0.4, 0.5) is 5.95 Å². The van der Waals surface area contributed by atoms with Crippen molar-refractivity contribution in [3.8, 4) is 0 Å². The van der Waals surface area contributed by atoms with Crippen molar-refractivity contribution in [3.05, 3.63) is 18.5 Å². The lowest BCUT2D eigenvalue weighted by Gasteiger charge is -1.82. The second-order valence-electron chi connectivity index (χ2n) is 1.61. The standard InChI is InChI=1S/C4H5N3.C2H7P/c5-4-6-2-1-3-7-4;1-3-2/h1-3H,(H2,5,6,7);3H,1-2H3. The molecule has 0 radical (unpaired) electrons. The number of nitrogen functional groups attached to an aromatic ring is 1. The van der Waals surface area contributed by atoms with Crippen LogP contribution in [0.1, 0.15) is 0 Å². The first kappa shape index (κ1) is 9.31. The molecule has 0 aliphatic carbocycles. The number of hydrogen-bond donors (Lipinski definition) is 1. The summed E-state index contributed by atoms with van der Waals surface area (Å²) in [7, 11) is 1.08. The van der Waals surface area contributed by atoms with Crippen LogP contribution in [-0.2, 0) is 0 Å². The molecular weight excluding hydrogens is 145 g/mol. The molecule has 1 aromatic heterocycles. The highest BCUT2D eigenvalue weighted by atomic mass is 31.1. The Morgan fingerprint density at radius 2 is 1.70 bits per heavy atom. The van der Waals surface area contributed by atoms with E-state index in [-0.39, 0.29) is 0 Å².